The molecule has 6 nitrogen and oxygen atoms in total. The molecule has 0 radical (unpaired) electrons. The Morgan fingerprint density at radius 1 is 0.800 bits per heavy atom. The van der Waals surface area contributed by atoms with Crippen LogP contribution in [0.5, 0.6) is 17.2 Å². The maximum atomic E-state index is 12.4. The number of thiocarbonyl (C=S) groups is 1. The molecule has 3 aromatic rings. The van der Waals surface area contributed by atoms with Gasteiger partial charge in [0.2, 0.25) is 0 Å². The molecule has 0 bridgehead atoms. The maximum Gasteiger partial charge on any atom is 0.257 e. The summed E-state index contributed by atoms with van der Waals surface area (Å²) in [6.45, 7) is 0.827. The third-order valence-electron chi connectivity index (χ3n) is 4.06. The number of carbonyl (C=O) groups is 1. The monoisotopic (exact) mass is 422 g/mol. The van der Waals surface area contributed by atoms with Crippen molar-refractivity contribution >= 4 is 28.9 Å². The normalized spacial score (nSPS) is 10.0. The van der Waals surface area contributed by atoms with Gasteiger partial charge < -0.3 is 19.5 Å². The smallest absolute Gasteiger partial charge is 0.257 e. The molecule has 3 rings (SSSR count). The minimum absolute atomic E-state index is 0.212. The zero-order chi connectivity index (χ0) is 21.2. The first-order valence-corrected chi connectivity index (χ1v) is 9.72. The Labute approximate surface area is 180 Å². The Morgan fingerprint density at radius 3 is 1.97 bits per heavy atom. The van der Waals surface area contributed by atoms with Crippen LogP contribution in [0.25, 0.3) is 0 Å². The van der Waals surface area contributed by atoms with Crippen LogP contribution in [-0.2, 0) is 0 Å². The second kappa shape index (κ2) is 10.8. The van der Waals surface area contributed by atoms with Crippen molar-refractivity contribution in [2.45, 2.75) is 0 Å². The van der Waals surface area contributed by atoms with E-state index in [2.05, 4.69) is 10.6 Å². The van der Waals surface area contributed by atoms with Gasteiger partial charge in [-0.2, -0.15) is 0 Å². The average molecular weight is 423 g/mol. The van der Waals surface area contributed by atoms with E-state index in [9.17, 15) is 4.79 Å². The van der Waals surface area contributed by atoms with Crippen LogP contribution < -0.4 is 24.8 Å². The maximum absolute atomic E-state index is 12.4. The Hall–Kier alpha value is -3.58. The lowest BCUT2D eigenvalue weighted by Crippen LogP contribution is -2.34. The SMILES string of the molecule is COc1ccc(NC(=S)NC(=O)c2ccc(OCCOc3ccccc3)cc2)cc1. The molecule has 0 saturated carbocycles. The zero-order valence-corrected chi connectivity index (χ0v) is 17.3. The summed E-state index contributed by atoms with van der Waals surface area (Å²) in [7, 11) is 1.60. The van der Waals surface area contributed by atoms with E-state index in [0.717, 1.165) is 17.2 Å². The van der Waals surface area contributed by atoms with Gasteiger partial charge in [-0.3, -0.25) is 10.1 Å². The fourth-order valence-electron chi connectivity index (χ4n) is 2.55. The highest BCUT2D eigenvalue weighted by Crippen LogP contribution is 2.15. The van der Waals surface area contributed by atoms with Crippen molar-refractivity contribution in [3.05, 3.63) is 84.4 Å². The van der Waals surface area contributed by atoms with Gasteiger partial charge in [0, 0.05) is 11.3 Å². The summed E-state index contributed by atoms with van der Waals surface area (Å²) in [6, 6.07) is 23.6. The van der Waals surface area contributed by atoms with E-state index in [-0.39, 0.29) is 11.0 Å². The van der Waals surface area contributed by atoms with Crippen LogP contribution in [0.4, 0.5) is 5.69 Å². The molecule has 154 valence electrons. The molecule has 3 aromatic carbocycles. The van der Waals surface area contributed by atoms with Crippen LogP contribution in [0.1, 0.15) is 10.4 Å². The van der Waals surface area contributed by atoms with Crippen molar-refractivity contribution in [3.8, 4) is 17.2 Å². The van der Waals surface area contributed by atoms with Crippen molar-refractivity contribution in [2.75, 3.05) is 25.6 Å². The number of anilines is 1. The molecule has 0 unspecified atom stereocenters. The molecular weight excluding hydrogens is 400 g/mol. The number of rotatable bonds is 8. The molecule has 0 spiro atoms. The summed E-state index contributed by atoms with van der Waals surface area (Å²) in [5.41, 5.74) is 1.23. The lowest BCUT2D eigenvalue weighted by Gasteiger charge is -2.11. The lowest BCUT2D eigenvalue weighted by molar-refractivity contribution is 0.0977. The van der Waals surface area contributed by atoms with Crippen molar-refractivity contribution in [1.82, 2.24) is 5.32 Å². The number of benzene rings is 3. The Bertz CT molecular complexity index is 961. The standard InChI is InChI=1S/C23H22N2O4S/c1-27-19-13-9-18(10-14-19)24-23(30)25-22(26)17-7-11-21(12-8-17)29-16-15-28-20-5-3-2-4-6-20/h2-14H,15-16H2,1H3,(H2,24,25,26,30). The predicted molar refractivity (Wildman–Crippen MR) is 121 cm³/mol. The molecule has 0 atom stereocenters. The van der Waals surface area contributed by atoms with E-state index in [1.807, 2.05) is 42.5 Å². The van der Waals surface area contributed by atoms with Crippen LogP contribution in [0, 0.1) is 0 Å². The summed E-state index contributed by atoms with van der Waals surface area (Å²) < 4.78 is 16.3. The molecule has 0 aliphatic rings. The molecule has 7 heteroatoms. The highest BCUT2D eigenvalue weighted by Gasteiger charge is 2.08. The van der Waals surface area contributed by atoms with Crippen LogP contribution in [0.15, 0.2) is 78.9 Å². The quantitative estimate of drug-likeness (QED) is 0.417. The first kappa shape index (κ1) is 21.1. The predicted octanol–water partition coefficient (Wildman–Crippen LogP) is 4.28. The van der Waals surface area contributed by atoms with Gasteiger partial charge in [0.05, 0.1) is 7.11 Å². The number of ether oxygens (including phenoxy) is 3. The Kier molecular flexibility index (Phi) is 7.63. The van der Waals surface area contributed by atoms with Crippen LogP contribution >= 0.6 is 12.2 Å². The molecule has 0 aliphatic heterocycles. The number of amides is 1. The lowest BCUT2D eigenvalue weighted by atomic mass is 10.2. The van der Waals surface area contributed by atoms with Crippen LogP contribution in [0.2, 0.25) is 0 Å². The summed E-state index contributed by atoms with van der Waals surface area (Å²) in [5, 5.41) is 5.82. The Balaban J connectivity index is 1.42. The third kappa shape index (κ3) is 6.49. The number of hydrogen-bond donors (Lipinski definition) is 2. The topological polar surface area (TPSA) is 68.8 Å². The fraction of sp³-hybridized carbons (Fsp3) is 0.130. The number of methoxy groups -OCH3 is 1. The number of para-hydroxylation sites is 1. The van der Waals surface area contributed by atoms with Crippen LogP contribution in [0.3, 0.4) is 0 Å². The second-order valence-electron chi connectivity index (χ2n) is 6.17. The molecule has 0 fully saturated rings. The summed E-state index contributed by atoms with van der Waals surface area (Å²) in [5.74, 6) is 1.89. The number of carbonyl (C=O) groups excluding carboxylic acids is 1. The zero-order valence-electron chi connectivity index (χ0n) is 16.5. The van der Waals surface area contributed by atoms with Gasteiger partial charge in [0.25, 0.3) is 5.91 Å². The fourth-order valence-corrected chi connectivity index (χ4v) is 2.76. The van der Waals surface area contributed by atoms with E-state index in [1.54, 1.807) is 43.5 Å². The Morgan fingerprint density at radius 2 is 1.37 bits per heavy atom. The van der Waals surface area contributed by atoms with Gasteiger partial charge in [-0.1, -0.05) is 18.2 Å². The molecular formula is C23H22N2O4S. The third-order valence-corrected chi connectivity index (χ3v) is 4.26. The van der Waals surface area contributed by atoms with Gasteiger partial charge in [0.1, 0.15) is 30.5 Å². The van der Waals surface area contributed by atoms with E-state index in [0.29, 0.717) is 24.5 Å². The molecule has 2 N–H and O–H groups in total. The second-order valence-corrected chi connectivity index (χ2v) is 6.58. The average Bonchev–Trinajstić information content (AvgIpc) is 2.78. The summed E-state index contributed by atoms with van der Waals surface area (Å²) in [6.07, 6.45) is 0. The van der Waals surface area contributed by atoms with Gasteiger partial charge in [0.15, 0.2) is 5.11 Å². The van der Waals surface area contributed by atoms with Gasteiger partial charge in [-0.25, -0.2) is 0 Å². The molecule has 1 amide bonds. The molecule has 0 aromatic heterocycles. The molecule has 0 heterocycles. The van der Waals surface area contributed by atoms with E-state index in [1.165, 1.54) is 0 Å². The molecule has 0 saturated heterocycles. The van der Waals surface area contributed by atoms with E-state index >= 15 is 0 Å². The molecule has 30 heavy (non-hydrogen) atoms. The van der Waals surface area contributed by atoms with E-state index < -0.39 is 0 Å². The van der Waals surface area contributed by atoms with Crippen molar-refractivity contribution < 1.29 is 19.0 Å². The van der Waals surface area contributed by atoms with Gasteiger partial charge >= 0.3 is 0 Å². The number of nitrogens with one attached hydrogen (secondary N) is 2. The van der Waals surface area contributed by atoms with Crippen molar-refractivity contribution in [1.29, 1.82) is 0 Å². The van der Waals surface area contributed by atoms with Gasteiger partial charge in [-0.15, -0.1) is 0 Å². The van der Waals surface area contributed by atoms with Crippen molar-refractivity contribution in [2.24, 2.45) is 0 Å². The minimum Gasteiger partial charge on any atom is -0.497 e. The minimum atomic E-state index is -0.306. The van der Waals surface area contributed by atoms with E-state index in [4.69, 9.17) is 26.4 Å². The van der Waals surface area contributed by atoms with Crippen molar-refractivity contribution in [3.63, 3.8) is 0 Å². The number of hydrogen-bond acceptors (Lipinski definition) is 5. The summed E-state index contributed by atoms with van der Waals surface area (Å²) in [4.78, 5) is 12.4. The van der Waals surface area contributed by atoms with Crippen LogP contribution in [-0.4, -0.2) is 31.3 Å². The van der Waals surface area contributed by atoms with Gasteiger partial charge in [-0.05, 0) is 72.9 Å². The highest BCUT2D eigenvalue weighted by molar-refractivity contribution is 7.80. The summed E-state index contributed by atoms with van der Waals surface area (Å²) >= 11 is 5.20. The first-order valence-electron chi connectivity index (χ1n) is 9.31. The highest BCUT2D eigenvalue weighted by atomic mass is 32.1. The first-order chi connectivity index (χ1) is 14.6. The largest absolute Gasteiger partial charge is 0.497 e. The molecule has 0 aliphatic carbocycles.